The molecule has 1 amide bonds. The number of nitrogens with two attached hydrogens (primary N) is 1. The summed E-state index contributed by atoms with van der Waals surface area (Å²) in [5.74, 6) is 0.0351. The molecule has 0 radical (unpaired) electrons. The van der Waals surface area contributed by atoms with Crippen molar-refractivity contribution in [1.82, 2.24) is 5.32 Å². The minimum absolute atomic E-state index is 0.0351. The largest absolute Gasteiger partial charge is 0.398 e. The molecular weight excluding hydrogens is 216 g/mol. The lowest BCUT2D eigenvalue weighted by atomic mass is 10.2. The monoisotopic (exact) mass is 236 g/mol. The van der Waals surface area contributed by atoms with E-state index in [4.69, 9.17) is 10.5 Å². The zero-order valence-corrected chi connectivity index (χ0v) is 10.2. The standard InChI is InChI=1S/C13H20N2O2/c1-2-17-9-5-8-13(16)15-10-11-6-3-4-7-12(11)14/h3-4,6-7H,2,5,8-10,14H2,1H3,(H,15,16). The molecular formula is C13H20N2O2. The van der Waals surface area contributed by atoms with Gasteiger partial charge in [-0.05, 0) is 25.0 Å². The van der Waals surface area contributed by atoms with E-state index in [1.54, 1.807) is 0 Å². The highest BCUT2D eigenvalue weighted by Gasteiger charge is 2.02. The summed E-state index contributed by atoms with van der Waals surface area (Å²) in [5, 5.41) is 2.84. The second kappa shape index (κ2) is 7.68. The van der Waals surface area contributed by atoms with E-state index in [-0.39, 0.29) is 5.91 Å². The Morgan fingerprint density at radius 2 is 2.18 bits per heavy atom. The fourth-order valence-electron chi connectivity index (χ4n) is 1.46. The predicted molar refractivity (Wildman–Crippen MR) is 68.4 cm³/mol. The van der Waals surface area contributed by atoms with E-state index in [9.17, 15) is 4.79 Å². The first-order valence-electron chi connectivity index (χ1n) is 5.92. The first kappa shape index (κ1) is 13.5. The zero-order valence-electron chi connectivity index (χ0n) is 10.2. The van der Waals surface area contributed by atoms with Gasteiger partial charge < -0.3 is 15.8 Å². The average molecular weight is 236 g/mol. The van der Waals surface area contributed by atoms with Crippen molar-refractivity contribution in [3.8, 4) is 0 Å². The Morgan fingerprint density at radius 1 is 1.41 bits per heavy atom. The van der Waals surface area contributed by atoms with Gasteiger partial charge in [0.25, 0.3) is 0 Å². The Morgan fingerprint density at radius 3 is 2.88 bits per heavy atom. The van der Waals surface area contributed by atoms with Gasteiger partial charge in [-0.25, -0.2) is 0 Å². The number of carbonyl (C=O) groups excluding carboxylic acids is 1. The quantitative estimate of drug-likeness (QED) is 0.559. The number of benzene rings is 1. The van der Waals surface area contributed by atoms with Gasteiger partial charge in [0, 0.05) is 31.9 Å². The maximum atomic E-state index is 11.5. The van der Waals surface area contributed by atoms with Crippen LogP contribution in [0.25, 0.3) is 0 Å². The third kappa shape index (κ3) is 5.36. The summed E-state index contributed by atoms with van der Waals surface area (Å²) in [6.07, 6.45) is 1.25. The highest BCUT2D eigenvalue weighted by Crippen LogP contribution is 2.09. The summed E-state index contributed by atoms with van der Waals surface area (Å²) in [4.78, 5) is 11.5. The molecule has 17 heavy (non-hydrogen) atoms. The smallest absolute Gasteiger partial charge is 0.220 e. The van der Waals surface area contributed by atoms with Crippen molar-refractivity contribution in [1.29, 1.82) is 0 Å². The van der Waals surface area contributed by atoms with Crippen molar-refractivity contribution in [3.63, 3.8) is 0 Å². The van der Waals surface area contributed by atoms with E-state index in [1.807, 2.05) is 31.2 Å². The average Bonchev–Trinajstić information content (AvgIpc) is 2.34. The Balaban J connectivity index is 2.22. The maximum Gasteiger partial charge on any atom is 0.220 e. The third-order valence-electron chi connectivity index (χ3n) is 2.43. The van der Waals surface area contributed by atoms with Crippen molar-refractivity contribution in [2.75, 3.05) is 18.9 Å². The van der Waals surface area contributed by atoms with Crippen LogP contribution in [0.5, 0.6) is 0 Å². The van der Waals surface area contributed by atoms with Gasteiger partial charge in [0.15, 0.2) is 0 Å². The summed E-state index contributed by atoms with van der Waals surface area (Å²) in [6.45, 7) is 3.76. The molecule has 0 spiro atoms. The van der Waals surface area contributed by atoms with Crippen LogP contribution in [-0.2, 0) is 16.1 Å². The first-order chi connectivity index (χ1) is 8.24. The molecule has 0 fully saturated rings. The van der Waals surface area contributed by atoms with Gasteiger partial charge in [-0.1, -0.05) is 18.2 Å². The van der Waals surface area contributed by atoms with Crippen LogP contribution in [0.4, 0.5) is 5.69 Å². The highest BCUT2D eigenvalue weighted by atomic mass is 16.5. The van der Waals surface area contributed by atoms with E-state index in [2.05, 4.69) is 5.32 Å². The summed E-state index contributed by atoms with van der Waals surface area (Å²) >= 11 is 0. The van der Waals surface area contributed by atoms with E-state index in [1.165, 1.54) is 0 Å². The molecule has 0 unspecified atom stereocenters. The SMILES string of the molecule is CCOCCCC(=O)NCc1ccccc1N. The normalized spacial score (nSPS) is 10.2. The topological polar surface area (TPSA) is 64.3 Å². The van der Waals surface area contributed by atoms with Crippen LogP contribution < -0.4 is 11.1 Å². The molecule has 0 aliphatic carbocycles. The third-order valence-corrected chi connectivity index (χ3v) is 2.43. The molecule has 0 atom stereocenters. The number of hydrogen-bond donors (Lipinski definition) is 2. The van der Waals surface area contributed by atoms with Crippen LogP contribution >= 0.6 is 0 Å². The number of nitrogens with one attached hydrogen (secondary N) is 1. The van der Waals surface area contributed by atoms with Crippen molar-refractivity contribution in [2.24, 2.45) is 0 Å². The Labute approximate surface area is 102 Å². The van der Waals surface area contributed by atoms with Gasteiger partial charge in [0.1, 0.15) is 0 Å². The van der Waals surface area contributed by atoms with Gasteiger partial charge in [0.2, 0.25) is 5.91 Å². The Hall–Kier alpha value is -1.55. The second-order valence-corrected chi connectivity index (χ2v) is 3.78. The first-order valence-corrected chi connectivity index (χ1v) is 5.92. The van der Waals surface area contributed by atoms with E-state index < -0.39 is 0 Å². The predicted octanol–water partition coefficient (Wildman–Crippen LogP) is 1.70. The summed E-state index contributed by atoms with van der Waals surface area (Å²) in [5.41, 5.74) is 7.44. The molecule has 0 aliphatic heterocycles. The van der Waals surface area contributed by atoms with Gasteiger partial charge in [-0.3, -0.25) is 4.79 Å². The lowest BCUT2D eigenvalue weighted by Gasteiger charge is -2.07. The van der Waals surface area contributed by atoms with Crippen LogP contribution in [0, 0.1) is 0 Å². The number of para-hydroxylation sites is 1. The molecule has 1 rings (SSSR count). The van der Waals surface area contributed by atoms with Crippen LogP contribution in [-0.4, -0.2) is 19.1 Å². The van der Waals surface area contributed by atoms with Crippen LogP contribution in [0.3, 0.4) is 0 Å². The van der Waals surface area contributed by atoms with E-state index in [0.717, 1.165) is 12.0 Å². The second-order valence-electron chi connectivity index (χ2n) is 3.78. The molecule has 1 aromatic rings. The molecule has 0 saturated carbocycles. The number of carbonyl (C=O) groups is 1. The number of anilines is 1. The molecule has 3 N–H and O–H groups in total. The number of amides is 1. The highest BCUT2D eigenvalue weighted by molar-refractivity contribution is 5.76. The van der Waals surface area contributed by atoms with Crippen molar-refractivity contribution in [3.05, 3.63) is 29.8 Å². The molecule has 0 saturated heterocycles. The van der Waals surface area contributed by atoms with Gasteiger partial charge in [0.05, 0.1) is 0 Å². The van der Waals surface area contributed by atoms with Gasteiger partial charge >= 0.3 is 0 Å². The molecule has 0 aliphatic rings. The number of ether oxygens (including phenoxy) is 1. The fraction of sp³-hybridized carbons (Fsp3) is 0.462. The Bertz CT molecular complexity index is 353. The van der Waals surface area contributed by atoms with Crippen LogP contribution in [0.2, 0.25) is 0 Å². The van der Waals surface area contributed by atoms with Crippen molar-refractivity contribution >= 4 is 11.6 Å². The molecule has 4 nitrogen and oxygen atoms in total. The fourth-order valence-corrected chi connectivity index (χ4v) is 1.46. The molecule has 94 valence electrons. The number of nitrogen functional groups attached to an aromatic ring is 1. The minimum Gasteiger partial charge on any atom is -0.398 e. The van der Waals surface area contributed by atoms with Crippen LogP contribution in [0.1, 0.15) is 25.3 Å². The zero-order chi connectivity index (χ0) is 12.5. The van der Waals surface area contributed by atoms with Crippen molar-refractivity contribution < 1.29 is 9.53 Å². The number of hydrogen-bond acceptors (Lipinski definition) is 3. The molecule has 0 bridgehead atoms. The molecule has 0 heterocycles. The van der Waals surface area contributed by atoms with E-state index >= 15 is 0 Å². The maximum absolute atomic E-state index is 11.5. The lowest BCUT2D eigenvalue weighted by Crippen LogP contribution is -2.23. The molecule has 1 aromatic carbocycles. The Kier molecular flexibility index (Phi) is 6.10. The summed E-state index contributed by atoms with van der Waals surface area (Å²) < 4.78 is 5.17. The summed E-state index contributed by atoms with van der Waals surface area (Å²) in [6, 6.07) is 7.53. The van der Waals surface area contributed by atoms with Crippen LogP contribution in [0.15, 0.2) is 24.3 Å². The van der Waals surface area contributed by atoms with Gasteiger partial charge in [-0.15, -0.1) is 0 Å². The molecule has 0 aromatic heterocycles. The minimum atomic E-state index is 0.0351. The van der Waals surface area contributed by atoms with E-state index in [0.29, 0.717) is 31.9 Å². The van der Waals surface area contributed by atoms with Gasteiger partial charge in [-0.2, -0.15) is 0 Å². The molecule has 4 heteroatoms. The number of rotatable bonds is 7. The summed E-state index contributed by atoms with van der Waals surface area (Å²) in [7, 11) is 0. The van der Waals surface area contributed by atoms with Crippen molar-refractivity contribution in [2.45, 2.75) is 26.3 Å². The lowest BCUT2D eigenvalue weighted by molar-refractivity contribution is -0.121.